The van der Waals surface area contributed by atoms with Crippen LogP contribution in [0.15, 0.2) is 35.8 Å². The summed E-state index contributed by atoms with van der Waals surface area (Å²) in [6, 6.07) is 7.63. The number of likely N-dealkylation sites (tertiary alicyclic amines) is 1. The first-order valence-electron chi connectivity index (χ1n) is 9.36. The van der Waals surface area contributed by atoms with E-state index in [1.807, 2.05) is 40.7 Å². The van der Waals surface area contributed by atoms with Crippen LogP contribution in [0, 0.1) is 0 Å². The molecular formula is C20H20N4O3S. The van der Waals surface area contributed by atoms with Crippen LogP contribution >= 0.6 is 11.3 Å². The van der Waals surface area contributed by atoms with Crippen molar-refractivity contribution in [1.82, 2.24) is 14.9 Å². The van der Waals surface area contributed by atoms with Gasteiger partial charge in [-0.25, -0.2) is 4.98 Å². The van der Waals surface area contributed by atoms with E-state index < -0.39 is 0 Å². The number of nitrogens with zero attached hydrogens (tertiary/aromatic N) is 2. The van der Waals surface area contributed by atoms with Crippen LogP contribution in [0.5, 0.6) is 11.5 Å². The predicted octanol–water partition coefficient (Wildman–Crippen LogP) is 3.89. The SMILES string of the molecule is O=C(c1cc(-c2csc(Nc3ccc4c(c3)OCCO4)n2)c[nH]1)N1CCCC1. The van der Waals surface area contributed by atoms with Crippen LogP contribution in [-0.2, 0) is 0 Å². The maximum Gasteiger partial charge on any atom is 0.270 e. The molecule has 0 bridgehead atoms. The van der Waals surface area contributed by atoms with Crippen LogP contribution in [0.1, 0.15) is 23.3 Å². The summed E-state index contributed by atoms with van der Waals surface area (Å²) >= 11 is 1.52. The highest BCUT2D eigenvalue weighted by molar-refractivity contribution is 7.14. The van der Waals surface area contributed by atoms with Crippen LogP contribution < -0.4 is 14.8 Å². The van der Waals surface area contributed by atoms with Crippen LogP contribution in [0.2, 0.25) is 0 Å². The van der Waals surface area contributed by atoms with Crippen LogP contribution in [0.3, 0.4) is 0 Å². The minimum atomic E-state index is 0.0635. The number of nitrogens with one attached hydrogen (secondary N) is 2. The molecule has 0 aliphatic carbocycles. The highest BCUT2D eigenvalue weighted by Gasteiger charge is 2.21. The maximum atomic E-state index is 12.5. The average molecular weight is 396 g/mol. The molecular weight excluding hydrogens is 376 g/mol. The Balaban J connectivity index is 1.30. The van der Waals surface area contributed by atoms with Gasteiger partial charge in [-0.1, -0.05) is 0 Å². The summed E-state index contributed by atoms with van der Waals surface area (Å²) in [4.78, 5) is 22.1. The molecule has 28 heavy (non-hydrogen) atoms. The molecule has 1 amide bonds. The second-order valence-electron chi connectivity index (χ2n) is 6.82. The van der Waals surface area contributed by atoms with Gasteiger partial charge in [-0.15, -0.1) is 11.3 Å². The first kappa shape index (κ1) is 17.1. The first-order chi connectivity index (χ1) is 13.8. The monoisotopic (exact) mass is 396 g/mol. The second-order valence-corrected chi connectivity index (χ2v) is 7.68. The van der Waals surface area contributed by atoms with E-state index >= 15 is 0 Å². The number of fused-ring (bicyclic) bond motifs is 1. The van der Waals surface area contributed by atoms with E-state index in [0.717, 1.165) is 59.5 Å². The standard InChI is InChI=1S/C20H20N4O3S/c25-19(24-5-1-2-6-24)15-9-13(11-21-15)16-12-28-20(23-16)22-14-3-4-17-18(10-14)27-8-7-26-17/h3-4,9-12,21H,1-2,5-8H2,(H,22,23). The van der Waals surface area contributed by atoms with Gasteiger partial charge in [-0.3, -0.25) is 4.79 Å². The number of hydrogen-bond donors (Lipinski definition) is 2. The molecule has 0 atom stereocenters. The molecule has 0 radical (unpaired) electrons. The lowest BCUT2D eigenvalue weighted by Crippen LogP contribution is -2.27. The third-order valence-electron chi connectivity index (χ3n) is 4.90. The maximum absolute atomic E-state index is 12.5. The predicted molar refractivity (Wildman–Crippen MR) is 108 cm³/mol. The molecule has 4 heterocycles. The summed E-state index contributed by atoms with van der Waals surface area (Å²) in [6.45, 7) is 2.82. The van der Waals surface area contributed by atoms with Crippen molar-refractivity contribution in [2.75, 3.05) is 31.6 Å². The van der Waals surface area contributed by atoms with Crippen molar-refractivity contribution >= 4 is 28.1 Å². The van der Waals surface area contributed by atoms with Gasteiger partial charge in [-0.05, 0) is 31.0 Å². The summed E-state index contributed by atoms with van der Waals surface area (Å²) in [6.07, 6.45) is 4.01. The number of aromatic nitrogens is 2. The van der Waals surface area contributed by atoms with Gasteiger partial charge < -0.3 is 24.7 Å². The molecule has 5 rings (SSSR count). The molecule has 0 saturated carbocycles. The number of rotatable bonds is 4. The fourth-order valence-electron chi connectivity index (χ4n) is 3.46. The Bertz CT molecular complexity index is 1010. The fourth-order valence-corrected chi connectivity index (χ4v) is 4.20. The molecule has 2 aromatic heterocycles. The summed E-state index contributed by atoms with van der Waals surface area (Å²) in [5, 5.41) is 6.06. The minimum Gasteiger partial charge on any atom is -0.486 e. The van der Waals surface area contributed by atoms with E-state index in [1.165, 1.54) is 11.3 Å². The van der Waals surface area contributed by atoms with Crippen molar-refractivity contribution in [3.8, 4) is 22.8 Å². The molecule has 1 saturated heterocycles. The van der Waals surface area contributed by atoms with Gasteiger partial charge >= 0.3 is 0 Å². The lowest BCUT2D eigenvalue weighted by molar-refractivity contribution is 0.0788. The number of anilines is 2. The van der Waals surface area contributed by atoms with Gasteiger partial charge in [0.2, 0.25) is 0 Å². The number of carbonyl (C=O) groups is 1. The van der Waals surface area contributed by atoms with Crippen molar-refractivity contribution < 1.29 is 14.3 Å². The van der Waals surface area contributed by atoms with E-state index in [4.69, 9.17) is 9.47 Å². The number of thiazole rings is 1. The average Bonchev–Trinajstić information content (AvgIpc) is 3.48. The minimum absolute atomic E-state index is 0.0635. The topological polar surface area (TPSA) is 79.5 Å². The van der Waals surface area contributed by atoms with Gasteiger partial charge in [0.15, 0.2) is 16.6 Å². The van der Waals surface area contributed by atoms with Crippen molar-refractivity contribution in [2.45, 2.75) is 12.8 Å². The molecule has 2 N–H and O–H groups in total. The van der Waals surface area contributed by atoms with Crippen LogP contribution in [-0.4, -0.2) is 47.1 Å². The molecule has 7 nitrogen and oxygen atoms in total. The van der Waals surface area contributed by atoms with E-state index in [9.17, 15) is 4.79 Å². The quantitative estimate of drug-likeness (QED) is 0.699. The largest absolute Gasteiger partial charge is 0.486 e. The zero-order valence-corrected chi connectivity index (χ0v) is 16.1. The Morgan fingerprint density at radius 2 is 1.96 bits per heavy atom. The highest BCUT2D eigenvalue weighted by atomic mass is 32.1. The van der Waals surface area contributed by atoms with Crippen molar-refractivity contribution in [3.05, 3.63) is 41.5 Å². The van der Waals surface area contributed by atoms with Gasteiger partial charge in [0.25, 0.3) is 5.91 Å². The Hall–Kier alpha value is -3.00. The number of carbonyl (C=O) groups excluding carboxylic acids is 1. The summed E-state index contributed by atoms with van der Waals surface area (Å²) < 4.78 is 11.2. The fraction of sp³-hybridized carbons (Fsp3) is 0.300. The summed E-state index contributed by atoms with van der Waals surface area (Å²) in [5.74, 6) is 1.57. The van der Waals surface area contributed by atoms with E-state index in [1.54, 1.807) is 0 Å². The van der Waals surface area contributed by atoms with Crippen LogP contribution in [0.25, 0.3) is 11.3 Å². The molecule has 0 spiro atoms. The number of H-pyrrole nitrogens is 1. The van der Waals surface area contributed by atoms with Crippen molar-refractivity contribution in [3.63, 3.8) is 0 Å². The molecule has 8 heteroatoms. The van der Waals surface area contributed by atoms with Gasteiger partial charge in [0.1, 0.15) is 18.9 Å². The smallest absolute Gasteiger partial charge is 0.270 e. The lowest BCUT2D eigenvalue weighted by atomic mass is 10.2. The molecule has 3 aromatic rings. The number of benzene rings is 1. The molecule has 0 unspecified atom stereocenters. The van der Waals surface area contributed by atoms with Crippen LogP contribution in [0.4, 0.5) is 10.8 Å². The number of aromatic amines is 1. The van der Waals surface area contributed by atoms with Gasteiger partial charge in [-0.2, -0.15) is 0 Å². The van der Waals surface area contributed by atoms with E-state index in [2.05, 4.69) is 15.3 Å². The first-order valence-corrected chi connectivity index (χ1v) is 10.2. The molecule has 1 fully saturated rings. The number of amides is 1. The second kappa shape index (κ2) is 7.20. The third-order valence-corrected chi connectivity index (χ3v) is 5.66. The molecule has 2 aliphatic rings. The Morgan fingerprint density at radius 3 is 2.82 bits per heavy atom. The number of ether oxygens (including phenoxy) is 2. The van der Waals surface area contributed by atoms with Crippen molar-refractivity contribution in [2.24, 2.45) is 0 Å². The molecule has 144 valence electrons. The Kier molecular flexibility index (Phi) is 4.40. The molecule has 2 aliphatic heterocycles. The highest BCUT2D eigenvalue weighted by Crippen LogP contribution is 2.34. The zero-order valence-electron chi connectivity index (χ0n) is 15.2. The Morgan fingerprint density at radius 1 is 1.14 bits per heavy atom. The van der Waals surface area contributed by atoms with E-state index in [0.29, 0.717) is 18.9 Å². The Labute approximate surface area is 166 Å². The van der Waals surface area contributed by atoms with E-state index in [-0.39, 0.29) is 5.91 Å². The molecule has 1 aromatic carbocycles. The summed E-state index contributed by atoms with van der Waals surface area (Å²) in [7, 11) is 0. The summed E-state index contributed by atoms with van der Waals surface area (Å²) in [5.41, 5.74) is 3.26. The number of hydrogen-bond acceptors (Lipinski definition) is 6. The van der Waals surface area contributed by atoms with Gasteiger partial charge in [0, 0.05) is 42.0 Å². The zero-order chi connectivity index (χ0) is 18.9. The lowest BCUT2D eigenvalue weighted by Gasteiger charge is -2.18. The van der Waals surface area contributed by atoms with Gasteiger partial charge in [0.05, 0.1) is 5.69 Å². The van der Waals surface area contributed by atoms with Crippen molar-refractivity contribution in [1.29, 1.82) is 0 Å². The third kappa shape index (κ3) is 3.31. The normalized spacial score (nSPS) is 15.6.